The van der Waals surface area contributed by atoms with E-state index in [1.165, 1.54) is 0 Å². The van der Waals surface area contributed by atoms with E-state index in [-0.39, 0.29) is 11.7 Å². The Hall–Kier alpha value is -2.50. The lowest BCUT2D eigenvalue weighted by molar-refractivity contribution is 0.0949. The van der Waals surface area contributed by atoms with Crippen LogP contribution in [0.25, 0.3) is 11.1 Å². The lowest BCUT2D eigenvalue weighted by Gasteiger charge is -2.32. The van der Waals surface area contributed by atoms with Crippen LogP contribution in [0.4, 0.5) is 0 Å². The van der Waals surface area contributed by atoms with Crippen LogP contribution in [0.2, 0.25) is 0 Å². The molecular formula is C22H25N3O2. The molecule has 5 heteroatoms. The molecule has 0 radical (unpaired) electrons. The molecule has 0 atom stereocenters. The van der Waals surface area contributed by atoms with E-state index < -0.39 is 0 Å². The number of rotatable bonds is 5. The molecule has 0 bridgehead atoms. The van der Waals surface area contributed by atoms with Crippen LogP contribution in [0.3, 0.4) is 0 Å². The van der Waals surface area contributed by atoms with Gasteiger partial charge < -0.3 is 15.1 Å². The average Bonchev–Trinajstić information content (AvgIpc) is 2.99. The largest absolute Gasteiger partial charge is 0.352 e. The highest BCUT2D eigenvalue weighted by molar-refractivity contribution is 6.22. The second-order valence-electron chi connectivity index (χ2n) is 7.39. The summed E-state index contributed by atoms with van der Waals surface area (Å²) in [5.41, 5.74) is 3.77. The lowest BCUT2D eigenvalue weighted by atomic mass is 10.0. The Balaban J connectivity index is 1.33. The molecule has 5 nitrogen and oxygen atoms in total. The maximum Gasteiger partial charge on any atom is 0.251 e. The molecule has 0 saturated carbocycles. The van der Waals surface area contributed by atoms with Crippen LogP contribution in [0.5, 0.6) is 0 Å². The van der Waals surface area contributed by atoms with Gasteiger partial charge in [0, 0.05) is 49.4 Å². The molecule has 1 aliphatic heterocycles. The molecule has 0 unspecified atom stereocenters. The Labute approximate surface area is 160 Å². The van der Waals surface area contributed by atoms with E-state index >= 15 is 0 Å². The minimum Gasteiger partial charge on any atom is -0.352 e. The van der Waals surface area contributed by atoms with Crippen molar-refractivity contribution in [2.24, 2.45) is 0 Å². The maximum absolute atomic E-state index is 12.6. The van der Waals surface area contributed by atoms with Gasteiger partial charge in [0.15, 0.2) is 5.78 Å². The molecule has 1 fully saturated rings. The Morgan fingerprint density at radius 3 is 2.44 bits per heavy atom. The summed E-state index contributed by atoms with van der Waals surface area (Å²) in [5, 5.41) is 2.99. The second-order valence-corrected chi connectivity index (χ2v) is 7.39. The van der Waals surface area contributed by atoms with Gasteiger partial charge in [-0.1, -0.05) is 30.3 Å². The number of amides is 1. The van der Waals surface area contributed by atoms with Gasteiger partial charge in [-0.2, -0.15) is 0 Å². The number of benzene rings is 2. The zero-order chi connectivity index (χ0) is 18.8. The molecule has 0 spiro atoms. The Bertz CT molecular complexity index is 870. The predicted octanol–water partition coefficient (Wildman–Crippen LogP) is 2.27. The molecule has 27 heavy (non-hydrogen) atoms. The Kier molecular flexibility index (Phi) is 5.05. The van der Waals surface area contributed by atoms with E-state index in [0.717, 1.165) is 55.8 Å². The summed E-state index contributed by atoms with van der Waals surface area (Å²) < 4.78 is 0. The molecule has 1 aliphatic carbocycles. The number of likely N-dealkylation sites (N-methyl/N-ethyl adjacent to an activating group) is 1. The molecule has 1 heterocycles. The third-order valence-corrected chi connectivity index (χ3v) is 5.52. The van der Waals surface area contributed by atoms with Gasteiger partial charge in [-0.15, -0.1) is 0 Å². The highest BCUT2D eigenvalue weighted by atomic mass is 16.1. The Morgan fingerprint density at radius 2 is 1.67 bits per heavy atom. The molecule has 1 N–H and O–H groups in total. The summed E-state index contributed by atoms with van der Waals surface area (Å²) >= 11 is 0. The summed E-state index contributed by atoms with van der Waals surface area (Å²) in [4.78, 5) is 29.8. The van der Waals surface area contributed by atoms with Crippen LogP contribution in [-0.2, 0) is 0 Å². The summed E-state index contributed by atoms with van der Waals surface area (Å²) in [6.45, 7) is 6.06. The number of nitrogens with one attached hydrogen (secondary N) is 1. The SMILES string of the molecule is CN1CCN(CCCNC(=O)c2ccc3c(c2)C(=O)c2ccccc2-3)CC1. The van der Waals surface area contributed by atoms with Crippen molar-refractivity contribution in [1.82, 2.24) is 15.1 Å². The number of fused-ring (bicyclic) bond motifs is 3. The van der Waals surface area contributed by atoms with E-state index in [2.05, 4.69) is 22.2 Å². The van der Waals surface area contributed by atoms with Crippen LogP contribution in [0.15, 0.2) is 42.5 Å². The van der Waals surface area contributed by atoms with Crippen LogP contribution >= 0.6 is 0 Å². The van der Waals surface area contributed by atoms with E-state index in [0.29, 0.717) is 17.7 Å². The fraction of sp³-hybridized carbons (Fsp3) is 0.364. The molecule has 0 aromatic heterocycles. The van der Waals surface area contributed by atoms with Crippen molar-refractivity contribution in [3.05, 3.63) is 59.2 Å². The van der Waals surface area contributed by atoms with Crippen molar-refractivity contribution in [1.29, 1.82) is 0 Å². The molecular weight excluding hydrogens is 338 g/mol. The van der Waals surface area contributed by atoms with Crippen molar-refractivity contribution in [3.63, 3.8) is 0 Å². The zero-order valence-electron chi connectivity index (χ0n) is 15.7. The lowest BCUT2D eigenvalue weighted by Crippen LogP contribution is -2.45. The van der Waals surface area contributed by atoms with Gasteiger partial charge in [0.25, 0.3) is 5.91 Å². The number of ketones is 1. The quantitative estimate of drug-likeness (QED) is 0.707. The molecule has 2 aromatic rings. The maximum atomic E-state index is 12.6. The standard InChI is InChI=1S/C22H25N3O2/c1-24-11-13-25(14-12-24)10-4-9-23-22(27)16-7-8-18-17-5-2-3-6-19(17)21(26)20(18)15-16/h2-3,5-8,15H,4,9-14H2,1H3,(H,23,27). The molecule has 1 saturated heterocycles. The third-order valence-electron chi connectivity index (χ3n) is 5.52. The second kappa shape index (κ2) is 7.62. The number of piperazine rings is 1. The number of hydrogen-bond acceptors (Lipinski definition) is 4. The number of carbonyl (C=O) groups excluding carboxylic acids is 2. The van der Waals surface area contributed by atoms with Gasteiger partial charge in [0.05, 0.1) is 0 Å². The normalized spacial score (nSPS) is 16.9. The van der Waals surface area contributed by atoms with Gasteiger partial charge in [-0.05, 0) is 43.3 Å². The minimum atomic E-state index is -0.111. The topological polar surface area (TPSA) is 52.6 Å². The molecule has 2 aliphatic rings. The van der Waals surface area contributed by atoms with E-state index in [1.54, 1.807) is 6.07 Å². The van der Waals surface area contributed by atoms with E-state index in [4.69, 9.17) is 0 Å². The average molecular weight is 363 g/mol. The van der Waals surface area contributed by atoms with Gasteiger partial charge in [0.2, 0.25) is 0 Å². The summed E-state index contributed by atoms with van der Waals surface area (Å²) in [7, 11) is 2.15. The van der Waals surface area contributed by atoms with Crippen molar-refractivity contribution in [2.75, 3.05) is 46.3 Å². The van der Waals surface area contributed by atoms with Crippen molar-refractivity contribution in [3.8, 4) is 11.1 Å². The summed E-state index contributed by atoms with van der Waals surface area (Å²) in [6, 6.07) is 13.0. The number of carbonyl (C=O) groups is 2. The van der Waals surface area contributed by atoms with Gasteiger partial charge in [0.1, 0.15) is 0 Å². The monoisotopic (exact) mass is 363 g/mol. The van der Waals surface area contributed by atoms with Gasteiger partial charge >= 0.3 is 0 Å². The molecule has 4 rings (SSSR count). The van der Waals surface area contributed by atoms with Gasteiger partial charge in [-0.25, -0.2) is 0 Å². The fourth-order valence-corrected chi connectivity index (χ4v) is 3.85. The van der Waals surface area contributed by atoms with Crippen molar-refractivity contribution < 1.29 is 9.59 Å². The first-order valence-electron chi connectivity index (χ1n) is 9.61. The summed E-state index contributed by atoms with van der Waals surface area (Å²) in [5.74, 6) is -0.106. The first-order valence-corrected chi connectivity index (χ1v) is 9.61. The Morgan fingerprint density at radius 1 is 0.963 bits per heavy atom. The fourth-order valence-electron chi connectivity index (χ4n) is 3.85. The molecule has 140 valence electrons. The van der Waals surface area contributed by atoms with Crippen LogP contribution in [-0.4, -0.2) is 67.8 Å². The van der Waals surface area contributed by atoms with Crippen molar-refractivity contribution >= 4 is 11.7 Å². The number of nitrogens with zero attached hydrogens (tertiary/aromatic N) is 2. The summed E-state index contributed by atoms with van der Waals surface area (Å²) in [6.07, 6.45) is 0.935. The number of hydrogen-bond donors (Lipinski definition) is 1. The van der Waals surface area contributed by atoms with Crippen LogP contribution < -0.4 is 5.32 Å². The van der Waals surface area contributed by atoms with Crippen molar-refractivity contribution in [2.45, 2.75) is 6.42 Å². The first kappa shape index (κ1) is 17.9. The third kappa shape index (κ3) is 3.66. The van der Waals surface area contributed by atoms with Crippen LogP contribution in [0, 0.1) is 0 Å². The van der Waals surface area contributed by atoms with Crippen LogP contribution in [0.1, 0.15) is 32.7 Å². The highest BCUT2D eigenvalue weighted by Crippen LogP contribution is 2.36. The highest BCUT2D eigenvalue weighted by Gasteiger charge is 2.26. The van der Waals surface area contributed by atoms with E-state index in [1.807, 2.05) is 36.4 Å². The smallest absolute Gasteiger partial charge is 0.251 e. The molecule has 1 amide bonds. The zero-order valence-corrected chi connectivity index (χ0v) is 15.7. The van der Waals surface area contributed by atoms with Gasteiger partial charge in [-0.3, -0.25) is 9.59 Å². The predicted molar refractivity (Wildman–Crippen MR) is 106 cm³/mol. The first-order chi connectivity index (χ1) is 13.1. The minimum absolute atomic E-state index is 0.00492. The molecule has 2 aromatic carbocycles. The van der Waals surface area contributed by atoms with E-state index in [9.17, 15) is 9.59 Å².